The van der Waals surface area contributed by atoms with Crippen LogP contribution in [0.15, 0.2) is 77.9 Å². The maximum absolute atomic E-state index is 9.25. The number of aliphatic hydroxyl groups excluding tert-OH is 6. The van der Waals surface area contributed by atoms with Gasteiger partial charge in [0.05, 0.1) is 26.4 Å². The third kappa shape index (κ3) is 175. The zero-order valence-corrected chi connectivity index (χ0v) is 17.6. The summed E-state index contributed by atoms with van der Waals surface area (Å²) >= 11 is 0. The van der Waals surface area contributed by atoms with E-state index in [4.69, 9.17) is 40.9 Å². The van der Waals surface area contributed by atoms with Gasteiger partial charge in [-0.3, -0.25) is 0 Å². The molecule has 0 saturated heterocycles. The maximum atomic E-state index is 9.25. The third-order valence-electron chi connectivity index (χ3n) is 1.19. The van der Waals surface area contributed by atoms with Crippen molar-refractivity contribution >= 4 is 11.9 Å². The van der Waals surface area contributed by atoms with E-state index in [0.29, 0.717) is 0 Å². The number of hydrogen-bond acceptors (Lipinski definition) is 8. The average molecular weight is 441 g/mol. The van der Waals surface area contributed by atoms with Crippen LogP contribution in [0.2, 0.25) is 0 Å². The van der Waals surface area contributed by atoms with Crippen molar-refractivity contribution in [3.8, 4) is 0 Å². The Morgan fingerprint density at radius 3 is 0.667 bits per heavy atom. The Hall–Kier alpha value is -2.86. The molecule has 30 heavy (non-hydrogen) atoms. The fourth-order valence-electron chi connectivity index (χ4n) is 0.115. The molecule has 0 aliphatic heterocycles. The molecule has 0 spiro atoms. The molecule has 8 N–H and O–H groups in total. The SMILES string of the molecule is C=C.C=C.C=C.C=C.C=CC(=O)O.C=CC(=O)O.OCC(O)CO.OCC(O)CO. The summed E-state index contributed by atoms with van der Waals surface area (Å²) < 4.78 is 0. The van der Waals surface area contributed by atoms with Crippen LogP contribution in [0.3, 0.4) is 0 Å². The number of hydrogen-bond donors (Lipinski definition) is 8. The van der Waals surface area contributed by atoms with E-state index in [0.717, 1.165) is 12.2 Å². The summed E-state index contributed by atoms with van der Waals surface area (Å²) in [6, 6.07) is 0. The van der Waals surface area contributed by atoms with Gasteiger partial charge in [0, 0.05) is 12.2 Å². The summed E-state index contributed by atoms with van der Waals surface area (Å²) in [6.45, 7) is 28.5. The Labute approximate surface area is 179 Å². The number of rotatable bonds is 6. The summed E-state index contributed by atoms with van der Waals surface area (Å²) in [7, 11) is 0. The minimum atomic E-state index is -0.981. The first-order chi connectivity index (χ1) is 14.2. The Morgan fingerprint density at radius 2 is 0.667 bits per heavy atom. The number of aliphatic carboxylic acids is 2. The Morgan fingerprint density at radius 1 is 0.567 bits per heavy atom. The summed E-state index contributed by atoms with van der Waals surface area (Å²) in [5.74, 6) is -1.96. The molecule has 0 radical (unpaired) electrons. The van der Waals surface area contributed by atoms with Crippen molar-refractivity contribution in [2.45, 2.75) is 12.2 Å². The van der Waals surface area contributed by atoms with Crippen molar-refractivity contribution in [1.82, 2.24) is 0 Å². The van der Waals surface area contributed by atoms with Crippen LogP contribution in [-0.4, -0.2) is 91.4 Å². The molecule has 0 fully saturated rings. The van der Waals surface area contributed by atoms with E-state index < -0.39 is 24.1 Å². The van der Waals surface area contributed by atoms with Gasteiger partial charge in [-0.15, -0.1) is 52.6 Å². The van der Waals surface area contributed by atoms with E-state index >= 15 is 0 Å². The molecule has 180 valence electrons. The Balaban J connectivity index is -0.0000000322. The lowest BCUT2D eigenvalue weighted by molar-refractivity contribution is -0.132. The van der Waals surface area contributed by atoms with Crippen molar-refractivity contribution in [3.63, 3.8) is 0 Å². The second-order valence-corrected chi connectivity index (χ2v) is 3.12. The van der Waals surface area contributed by atoms with Crippen LogP contribution in [0.1, 0.15) is 0 Å². The van der Waals surface area contributed by atoms with Gasteiger partial charge >= 0.3 is 11.9 Å². The van der Waals surface area contributed by atoms with E-state index in [2.05, 4.69) is 65.8 Å². The summed E-state index contributed by atoms with van der Waals surface area (Å²) in [6.07, 6.45) is -0.241. The van der Waals surface area contributed by atoms with Crippen LogP contribution in [0.5, 0.6) is 0 Å². The van der Waals surface area contributed by atoms with E-state index in [1.807, 2.05) is 0 Å². The molecule has 0 rings (SSSR count). The minimum Gasteiger partial charge on any atom is -0.478 e. The number of aliphatic hydroxyl groups is 6. The minimum absolute atomic E-state index is 0.365. The second-order valence-electron chi connectivity index (χ2n) is 3.12. The molecule has 0 aromatic heterocycles. The predicted molar refractivity (Wildman–Crippen MR) is 121 cm³/mol. The van der Waals surface area contributed by atoms with Gasteiger partial charge in [0.15, 0.2) is 0 Å². The zero-order valence-electron chi connectivity index (χ0n) is 17.6. The first-order valence-corrected chi connectivity index (χ1v) is 7.66. The molecule has 0 saturated carbocycles. The molecule has 0 bridgehead atoms. The number of carboxylic acids is 2. The van der Waals surface area contributed by atoms with Gasteiger partial charge in [0.25, 0.3) is 0 Å². The van der Waals surface area contributed by atoms with Gasteiger partial charge in [0.1, 0.15) is 12.2 Å². The van der Waals surface area contributed by atoms with Gasteiger partial charge in [-0.2, -0.15) is 0 Å². The molecule has 0 heterocycles. The first kappa shape index (κ1) is 50.6. The highest BCUT2D eigenvalue weighted by molar-refractivity contribution is 5.79. The van der Waals surface area contributed by atoms with E-state index in [-0.39, 0.29) is 26.4 Å². The van der Waals surface area contributed by atoms with Crippen LogP contribution in [0.4, 0.5) is 0 Å². The highest BCUT2D eigenvalue weighted by atomic mass is 16.4. The Kier molecular flexibility index (Phi) is 122. The zero-order chi connectivity index (χ0) is 26.6. The van der Waals surface area contributed by atoms with E-state index in [9.17, 15) is 9.59 Å². The van der Waals surface area contributed by atoms with Gasteiger partial charge in [0.2, 0.25) is 0 Å². The fourth-order valence-corrected chi connectivity index (χ4v) is 0.115. The van der Waals surface area contributed by atoms with Gasteiger partial charge in [-0.25, -0.2) is 9.59 Å². The highest BCUT2D eigenvalue weighted by Crippen LogP contribution is 1.72. The molecule has 0 amide bonds. The molecule has 0 aromatic carbocycles. The van der Waals surface area contributed by atoms with Crippen LogP contribution >= 0.6 is 0 Å². The lowest BCUT2D eigenvalue weighted by atomic mass is 10.4. The second kappa shape index (κ2) is 72.1. The quantitative estimate of drug-likeness (QED) is 0.211. The van der Waals surface area contributed by atoms with Crippen LogP contribution in [0.25, 0.3) is 0 Å². The van der Waals surface area contributed by atoms with Crippen LogP contribution in [-0.2, 0) is 9.59 Å². The van der Waals surface area contributed by atoms with Crippen molar-refractivity contribution in [2.24, 2.45) is 0 Å². The van der Waals surface area contributed by atoms with Crippen molar-refractivity contribution < 1.29 is 50.4 Å². The van der Waals surface area contributed by atoms with Gasteiger partial charge in [-0.05, 0) is 0 Å². The maximum Gasteiger partial charge on any atom is 0.327 e. The molecular weight excluding hydrogens is 400 g/mol. The summed E-state index contributed by atoms with van der Waals surface area (Å²) in [5, 5.41) is 63.2. The summed E-state index contributed by atoms with van der Waals surface area (Å²) in [5.41, 5.74) is 0. The van der Waals surface area contributed by atoms with Crippen molar-refractivity contribution in [2.75, 3.05) is 26.4 Å². The molecule has 10 nitrogen and oxygen atoms in total. The number of carboxylic acid groups (broad SMARTS) is 2. The Bertz CT molecular complexity index is 292. The highest BCUT2D eigenvalue weighted by Gasteiger charge is 1.94. The molecule has 0 unspecified atom stereocenters. The van der Waals surface area contributed by atoms with Crippen LogP contribution < -0.4 is 0 Å². The molecule has 0 aliphatic rings. The topological polar surface area (TPSA) is 196 Å². The van der Waals surface area contributed by atoms with Gasteiger partial charge < -0.3 is 40.9 Å². The van der Waals surface area contributed by atoms with Crippen molar-refractivity contribution in [1.29, 1.82) is 0 Å². The molecule has 0 atom stereocenters. The van der Waals surface area contributed by atoms with Crippen molar-refractivity contribution in [3.05, 3.63) is 77.9 Å². The monoisotopic (exact) mass is 440 g/mol. The largest absolute Gasteiger partial charge is 0.478 e. The van der Waals surface area contributed by atoms with E-state index in [1.54, 1.807) is 0 Å². The molecule has 0 aliphatic carbocycles. The standard InChI is InChI=1S/2C3H8O3.2C3H4O2.4C2H4/c2*4-1-3(6)2-5;2*1-2-3(4)5;4*1-2/h2*3-6H,1-2H2;2*2H,1H2,(H,4,5);4*1-2H2. The lowest BCUT2D eigenvalue weighted by Gasteiger charge is -1.96. The van der Waals surface area contributed by atoms with Crippen LogP contribution in [0, 0.1) is 0 Å². The molecular formula is C20H40O10. The summed E-state index contributed by atoms with van der Waals surface area (Å²) in [4.78, 5) is 18.5. The lowest BCUT2D eigenvalue weighted by Crippen LogP contribution is -2.15. The average Bonchev–Trinajstić information content (AvgIpc) is 2.84. The first-order valence-electron chi connectivity index (χ1n) is 7.66. The predicted octanol–water partition coefficient (Wildman–Crippen LogP) is 0.387. The molecule has 10 heteroatoms. The number of carbonyl (C=O) groups is 2. The molecule has 0 aromatic rings. The normalized spacial score (nSPS) is 6.67. The van der Waals surface area contributed by atoms with Gasteiger partial charge in [-0.1, -0.05) is 13.2 Å². The smallest absolute Gasteiger partial charge is 0.327 e. The van der Waals surface area contributed by atoms with E-state index in [1.165, 1.54) is 0 Å². The fraction of sp³-hybridized carbons (Fsp3) is 0.300. The third-order valence-corrected chi connectivity index (χ3v) is 1.19.